The van der Waals surface area contributed by atoms with Crippen LogP contribution in [-0.4, -0.2) is 0 Å². The van der Waals surface area contributed by atoms with E-state index in [4.69, 9.17) is 6.42 Å². The molecule has 92 valence electrons. The topological polar surface area (TPSA) is 0 Å². The minimum atomic E-state index is 0.958. The third kappa shape index (κ3) is 13.3. The minimum Gasteiger partial charge on any atom is -0.120 e. The molecule has 0 bridgehead atoms. The third-order valence-corrected chi connectivity index (χ3v) is 2.83. The summed E-state index contributed by atoms with van der Waals surface area (Å²) in [5.41, 5.74) is 0. The summed E-state index contributed by atoms with van der Waals surface area (Å²) in [5, 5.41) is 0. The van der Waals surface area contributed by atoms with Crippen molar-refractivity contribution in [3.63, 3.8) is 0 Å². The average Bonchev–Trinajstić information content (AvgIpc) is 2.31. The molecular weight excluding hydrogens is 192 g/mol. The molecule has 0 aliphatic heterocycles. The minimum absolute atomic E-state index is 0.958. The second-order valence-corrected chi connectivity index (χ2v) is 4.48. The van der Waals surface area contributed by atoms with E-state index in [1.54, 1.807) is 0 Å². The van der Waals surface area contributed by atoms with E-state index < -0.39 is 0 Å². The highest BCUT2D eigenvalue weighted by Crippen LogP contribution is 2.08. The Bertz CT molecular complexity index is 183. The maximum absolute atomic E-state index is 5.20. The van der Waals surface area contributed by atoms with Gasteiger partial charge in [0.05, 0.1) is 0 Å². The zero-order valence-corrected chi connectivity index (χ0v) is 11.0. The van der Waals surface area contributed by atoms with Crippen LogP contribution in [0.25, 0.3) is 0 Å². The molecule has 0 rings (SSSR count). The van der Waals surface area contributed by atoms with Crippen molar-refractivity contribution in [2.45, 2.75) is 77.6 Å². The van der Waals surface area contributed by atoms with Crippen LogP contribution in [0.15, 0.2) is 12.2 Å². The van der Waals surface area contributed by atoms with Crippen LogP contribution in [0.5, 0.6) is 0 Å². The van der Waals surface area contributed by atoms with Gasteiger partial charge < -0.3 is 0 Å². The van der Waals surface area contributed by atoms with Gasteiger partial charge in [0.15, 0.2) is 0 Å². The van der Waals surface area contributed by atoms with E-state index >= 15 is 0 Å². The van der Waals surface area contributed by atoms with Gasteiger partial charge >= 0.3 is 0 Å². The molecule has 16 heavy (non-hydrogen) atoms. The monoisotopic (exact) mass is 220 g/mol. The summed E-state index contributed by atoms with van der Waals surface area (Å²) in [5.74, 6) is 2.69. The molecule has 0 aromatic rings. The summed E-state index contributed by atoms with van der Waals surface area (Å²) >= 11 is 0. The number of hydrogen-bond acceptors (Lipinski definition) is 0. The first-order chi connectivity index (χ1) is 7.91. The Hall–Kier alpha value is -0.700. The predicted molar refractivity (Wildman–Crippen MR) is 74.4 cm³/mol. The summed E-state index contributed by atoms with van der Waals surface area (Å²) in [6.45, 7) is 2.24. The Labute approximate surface area is 103 Å². The van der Waals surface area contributed by atoms with Crippen molar-refractivity contribution in [2.75, 3.05) is 0 Å². The van der Waals surface area contributed by atoms with Crippen LogP contribution in [0, 0.1) is 12.3 Å². The highest BCUT2D eigenvalue weighted by Gasteiger charge is 1.89. The SMILES string of the molecule is C#CCCCCCCCCC=CCCCC. The fraction of sp³-hybridized carbons (Fsp3) is 0.750. The number of terminal acetylenes is 1. The molecule has 0 unspecified atom stereocenters. The van der Waals surface area contributed by atoms with Crippen molar-refractivity contribution in [3.05, 3.63) is 12.2 Å². The van der Waals surface area contributed by atoms with Gasteiger partial charge in [0, 0.05) is 6.42 Å². The lowest BCUT2D eigenvalue weighted by atomic mass is 10.1. The molecule has 0 heteroatoms. The van der Waals surface area contributed by atoms with Crippen molar-refractivity contribution in [2.24, 2.45) is 0 Å². The van der Waals surface area contributed by atoms with Gasteiger partial charge in [-0.3, -0.25) is 0 Å². The highest BCUT2D eigenvalue weighted by atomic mass is 14.0. The summed E-state index contributed by atoms with van der Waals surface area (Å²) in [7, 11) is 0. The molecule has 0 N–H and O–H groups in total. The molecule has 0 amide bonds. The van der Waals surface area contributed by atoms with E-state index in [2.05, 4.69) is 25.0 Å². The van der Waals surface area contributed by atoms with Crippen molar-refractivity contribution < 1.29 is 0 Å². The molecule has 0 aromatic heterocycles. The van der Waals surface area contributed by atoms with Gasteiger partial charge in [0.1, 0.15) is 0 Å². The zero-order valence-electron chi connectivity index (χ0n) is 11.0. The number of rotatable bonds is 11. The molecule has 0 saturated heterocycles. The number of unbranched alkanes of at least 4 members (excludes halogenated alkanes) is 9. The third-order valence-electron chi connectivity index (χ3n) is 2.83. The highest BCUT2D eigenvalue weighted by molar-refractivity contribution is 4.83. The first kappa shape index (κ1) is 15.3. The second-order valence-electron chi connectivity index (χ2n) is 4.48. The lowest BCUT2D eigenvalue weighted by molar-refractivity contribution is 0.602. The van der Waals surface area contributed by atoms with Crippen LogP contribution in [0.1, 0.15) is 77.6 Å². The molecule has 0 atom stereocenters. The van der Waals surface area contributed by atoms with Gasteiger partial charge in [-0.2, -0.15) is 0 Å². The maximum Gasteiger partial charge on any atom is 0.00860 e. The number of hydrogen-bond donors (Lipinski definition) is 0. The maximum atomic E-state index is 5.20. The molecule has 0 fully saturated rings. The van der Waals surface area contributed by atoms with Gasteiger partial charge in [-0.15, -0.1) is 12.3 Å². The van der Waals surface area contributed by atoms with Gasteiger partial charge in [-0.05, 0) is 25.7 Å². The fourth-order valence-corrected chi connectivity index (χ4v) is 1.75. The van der Waals surface area contributed by atoms with Crippen LogP contribution >= 0.6 is 0 Å². The second kappa shape index (κ2) is 14.3. The lowest BCUT2D eigenvalue weighted by Crippen LogP contribution is -1.79. The van der Waals surface area contributed by atoms with Gasteiger partial charge in [0.25, 0.3) is 0 Å². The largest absolute Gasteiger partial charge is 0.120 e. The van der Waals surface area contributed by atoms with Crippen molar-refractivity contribution >= 4 is 0 Å². The Kier molecular flexibility index (Phi) is 13.7. The Morgan fingerprint density at radius 2 is 1.38 bits per heavy atom. The molecule has 0 saturated carbocycles. The van der Waals surface area contributed by atoms with E-state index in [-0.39, 0.29) is 0 Å². The summed E-state index contributed by atoms with van der Waals surface area (Å²) in [6, 6.07) is 0. The lowest BCUT2D eigenvalue weighted by Gasteiger charge is -1.98. The van der Waals surface area contributed by atoms with Gasteiger partial charge in [-0.25, -0.2) is 0 Å². The normalized spacial score (nSPS) is 10.8. The molecule has 0 aliphatic carbocycles. The quantitative estimate of drug-likeness (QED) is 0.245. The van der Waals surface area contributed by atoms with Crippen molar-refractivity contribution in [1.82, 2.24) is 0 Å². The average molecular weight is 220 g/mol. The van der Waals surface area contributed by atoms with E-state index in [0.29, 0.717) is 0 Å². The van der Waals surface area contributed by atoms with Crippen LogP contribution in [0.4, 0.5) is 0 Å². The summed E-state index contributed by atoms with van der Waals surface area (Å²) < 4.78 is 0. The molecule has 0 heterocycles. The smallest absolute Gasteiger partial charge is 0.00860 e. The van der Waals surface area contributed by atoms with Crippen molar-refractivity contribution in [1.29, 1.82) is 0 Å². The Morgan fingerprint density at radius 1 is 0.812 bits per heavy atom. The summed E-state index contributed by atoms with van der Waals surface area (Å²) in [6.07, 6.45) is 24.1. The van der Waals surface area contributed by atoms with E-state index in [1.165, 1.54) is 64.2 Å². The van der Waals surface area contributed by atoms with Gasteiger partial charge in [0.2, 0.25) is 0 Å². The standard InChI is InChI=1S/C16H28/c1-3-5-7-9-11-13-15-16-14-12-10-8-6-4-2/h1,10,12H,4-9,11,13-16H2,2H3. The molecule has 0 aromatic carbocycles. The molecule has 0 spiro atoms. The van der Waals surface area contributed by atoms with E-state index in [0.717, 1.165) is 6.42 Å². The van der Waals surface area contributed by atoms with Crippen LogP contribution in [-0.2, 0) is 0 Å². The molecule has 0 nitrogen and oxygen atoms in total. The Balaban J connectivity index is 2.98. The van der Waals surface area contributed by atoms with Crippen LogP contribution < -0.4 is 0 Å². The molecular formula is C16H28. The zero-order chi connectivity index (χ0) is 11.9. The molecule has 0 radical (unpaired) electrons. The van der Waals surface area contributed by atoms with E-state index in [9.17, 15) is 0 Å². The van der Waals surface area contributed by atoms with Gasteiger partial charge in [-0.1, -0.05) is 57.6 Å². The Morgan fingerprint density at radius 3 is 2.00 bits per heavy atom. The first-order valence-electron chi connectivity index (χ1n) is 7.00. The summed E-state index contributed by atoms with van der Waals surface area (Å²) in [4.78, 5) is 0. The predicted octanol–water partition coefficient (Wildman–Crippen LogP) is 5.49. The van der Waals surface area contributed by atoms with Crippen LogP contribution in [0.3, 0.4) is 0 Å². The van der Waals surface area contributed by atoms with E-state index in [1.807, 2.05) is 0 Å². The first-order valence-corrected chi connectivity index (χ1v) is 7.00. The molecule has 0 aliphatic rings. The van der Waals surface area contributed by atoms with Crippen molar-refractivity contribution in [3.8, 4) is 12.3 Å². The number of allylic oxidation sites excluding steroid dienone is 2. The van der Waals surface area contributed by atoms with Crippen LogP contribution in [0.2, 0.25) is 0 Å². The fourth-order valence-electron chi connectivity index (χ4n) is 1.75.